The average Bonchev–Trinajstić information content (AvgIpc) is 2.63. The summed E-state index contributed by atoms with van der Waals surface area (Å²) in [6, 6.07) is 3.48. The highest BCUT2D eigenvalue weighted by atomic mass is 79.9. The van der Waals surface area contributed by atoms with E-state index in [1.807, 2.05) is 23.9 Å². The molecule has 1 saturated heterocycles. The number of halogens is 1. The van der Waals surface area contributed by atoms with Gasteiger partial charge in [-0.2, -0.15) is 11.8 Å². The Labute approximate surface area is 125 Å². The molecule has 1 unspecified atom stereocenters. The SMILES string of the molecule is NC1C(=O)Nc2cc(N3CCCSCC3)c(Br)cc21. The van der Waals surface area contributed by atoms with Gasteiger partial charge in [0, 0.05) is 34.6 Å². The molecule has 3 N–H and O–H groups in total. The molecule has 1 aromatic carbocycles. The molecule has 0 saturated carbocycles. The number of fused-ring (bicyclic) bond motifs is 1. The predicted octanol–water partition coefficient (Wildman–Crippen LogP) is 2.34. The number of amides is 1. The molecule has 1 amide bonds. The fraction of sp³-hybridized carbons (Fsp3) is 0.462. The summed E-state index contributed by atoms with van der Waals surface area (Å²) >= 11 is 5.61. The Kier molecular flexibility index (Phi) is 3.73. The lowest BCUT2D eigenvalue weighted by Crippen LogP contribution is -2.25. The fourth-order valence-electron chi connectivity index (χ4n) is 2.52. The van der Waals surface area contributed by atoms with Crippen molar-refractivity contribution < 1.29 is 4.79 Å². The number of rotatable bonds is 1. The largest absolute Gasteiger partial charge is 0.370 e. The number of hydrogen-bond acceptors (Lipinski definition) is 4. The summed E-state index contributed by atoms with van der Waals surface area (Å²) in [5, 5.41) is 2.85. The van der Waals surface area contributed by atoms with E-state index in [0.717, 1.165) is 40.3 Å². The highest BCUT2D eigenvalue weighted by Crippen LogP contribution is 2.38. The van der Waals surface area contributed by atoms with Gasteiger partial charge in [0.05, 0.1) is 5.69 Å². The van der Waals surface area contributed by atoms with Crippen molar-refractivity contribution in [3.8, 4) is 0 Å². The molecule has 19 heavy (non-hydrogen) atoms. The number of carbonyl (C=O) groups is 1. The zero-order chi connectivity index (χ0) is 13.4. The number of anilines is 2. The Morgan fingerprint density at radius 1 is 1.37 bits per heavy atom. The van der Waals surface area contributed by atoms with Crippen LogP contribution in [0.15, 0.2) is 16.6 Å². The van der Waals surface area contributed by atoms with Crippen LogP contribution in [0.2, 0.25) is 0 Å². The number of thioether (sulfide) groups is 1. The van der Waals surface area contributed by atoms with E-state index in [9.17, 15) is 4.79 Å². The van der Waals surface area contributed by atoms with Crippen LogP contribution in [0.5, 0.6) is 0 Å². The van der Waals surface area contributed by atoms with E-state index in [-0.39, 0.29) is 5.91 Å². The van der Waals surface area contributed by atoms with Crippen molar-refractivity contribution in [2.75, 3.05) is 34.8 Å². The standard InChI is InChI=1S/C13H16BrN3OS/c14-9-6-8-10(16-13(18)12(8)15)7-11(9)17-2-1-4-19-5-3-17/h6-7,12H,1-5,15H2,(H,16,18). The Hall–Kier alpha value is -0.720. The third-order valence-electron chi connectivity index (χ3n) is 3.56. The average molecular weight is 342 g/mol. The van der Waals surface area contributed by atoms with Crippen LogP contribution < -0.4 is 16.0 Å². The van der Waals surface area contributed by atoms with E-state index in [1.165, 1.54) is 12.2 Å². The zero-order valence-corrected chi connectivity index (χ0v) is 12.9. The number of nitrogens with two attached hydrogens (primary N) is 1. The lowest BCUT2D eigenvalue weighted by Gasteiger charge is -2.24. The van der Waals surface area contributed by atoms with Crippen LogP contribution in [0.25, 0.3) is 0 Å². The Balaban J connectivity index is 1.95. The molecule has 1 atom stereocenters. The number of hydrogen-bond donors (Lipinski definition) is 2. The third-order valence-corrected chi connectivity index (χ3v) is 5.24. The van der Waals surface area contributed by atoms with Gasteiger partial charge in [-0.1, -0.05) is 0 Å². The topological polar surface area (TPSA) is 58.4 Å². The van der Waals surface area contributed by atoms with Crippen molar-refractivity contribution in [1.29, 1.82) is 0 Å². The van der Waals surface area contributed by atoms with Crippen LogP contribution in [0.4, 0.5) is 11.4 Å². The molecule has 1 fully saturated rings. The molecule has 0 radical (unpaired) electrons. The molecule has 102 valence electrons. The maximum Gasteiger partial charge on any atom is 0.245 e. The van der Waals surface area contributed by atoms with Crippen LogP contribution in [-0.2, 0) is 4.79 Å². The molecule has 0 aliphatic carbocycles. The number of carbonyl (C=O) groups excluding carboxylic acids is 1. The van der Waals surface area contributed by atoms with Crippen LogP contribution >= 0.6 is 27.7 Å². The second-order valence-corrected chi connectivity index (χ2v) is 6.89. The molecule has 1 aromatic rings. The first kappa shape index (κ1) is 13.3. The smallest absolute Gasteiger partial charge is 0.245 e. The first-order chi connectivity index (χ1) is 9.16. The second kappa shape index (κ2) is 5.34. The second-order valence-electron chi connectivity index (χ2n) is 4.81. The van der Waals surface area contributed by atoms with Gasteiger partial charge < -0.3 is 16.0 Å². The molecule has 2 heterocycles. The summed E-state index contributed by atoms with van der Waals surface area (Å²) in [7, 11) is 0. The Morgan fingerprint density at radius 3 is 3.05 bits per heavy atom. The molecule has 0 spiro atoms. The van der Waals surface area contributed by atoms with Crippen molar-refractivity contribution in [3.05, 3.63) is 22.2 Å². The van der Waals surface area contributed by atoms with E-state index in [1.54, 1.807) is 0 Å². The zero-order valence-electron chi connectivity index (χ0n) is 10.5. The molecular formula is C13H16BrN3OS. The quantitative estimate of drug-likeness (QED) is 0.823. The molecular weight excluding hydrogens is 326 g/mol. The minimum Gasteiger partial charge on any atom is -0.370 e. The van der Waals surface area contributed by atoms with Crippen LogP contribution in [0.3, 0.4) is 0 Å². The third kappa shape index (κ3) is 2.49. The van der Waals surface area contributed by atoms with Gasteiger partial charge in [0.25, 0.3) is 0 Å². The van der Waals surface area contributed by atoms with Gasteiger partial charge in [0.15, 0.2) is 0 Å². The summed E-state index contributed by atoms with van der Waals surface area (Å²) in [6.45, 7) is 2.10. The summed E-state index contributed by atoms with van der Waals surface area (Å²) in [5.41, 5.74) is 8.74. The van der Waals surface area contributed by atoms with Gasteiger partial charge in [-0.05, 0) is 40.2 Å². The monoisotopic (exact) mass is 341 g/mol. The van der Waals surface area contributed by atoms with E-state index in [2.05, 4.69) is 26.1 Å². The van der Waals surface area contributed by atoms with Crippen molar-refractivity contribution in [2.45, 2.75) is 12.5 Å². The summed E-state index contributed by atoms with van der Waals surface area (Å²) < 4.78 is 1.02. The van der Waals surface area contributed by atoms with E-state index >= 15 is 0 Å². The highest BCUT2D eigenvalue weighted by Gasteiger charge is 2.29. The highest BCUT2D eigenvalue weighted by molar-refractivity contribution is 9.10. The summed E-state index contributed by atoms with van der Waals surface area (Å²) in [4.78, 5) is 14.0. The normalized spacial score (nSPS) is 22.9. The van der Waals surface area contributed by atoms with Crippen LogP contribution in [0.1, 0.15) is 18.0 Å². The maximum absolute atomic E-state index is 11.6. The molecule has 3 rings (SSSR count). The van der Waals surface area contributed by atoms with Crippen LogP contribution in [0, 0.1) is 0 Å². The lowest BCUT2D eigenvalue weighted by atomic mass is 10.1. The molecule has 2 aliphatic heterocycles. The van der Waals surface area contributed by atoms with E-state index in [4.69, 9.17) is 5.73 Å². The maximum atomic E-state index is 11.6. The van der Waals surface area contributed by atoms with Gasteiger partial charge >= 0.3 is 0 Å². The Morgan fingerprint density at radius 2 is 2.21 bits per heavy atom. The predicted molar refractivity (Wildman–Crippen MR) is 83.9 cm³/mol. The van der Waals surface area contributed by atoms with Gasteiger partial charge in [-0.25, -0.2) is 0 Å². The first-order valence-electron chi connectivity index (χ1n) is 6.39. The Bertz CT molecular complexity index is 515. The first-order valence-corrected chi connectivity index (χ1v) is 8.34. The number of nitrogens with one attached hydrogen (secondary N) is 1. The van der Waals surface area contributed by atoms with Gasteiger partial charge in [-0.3, -0.25) is 4.79 Å². The summed E-state index contributed by atoms with van der Waals surface area (Å²) in [5.74, 6) is 2.25. The lowest BCUT2D eigenvalue weighted by molar-refractivity contribution is -0.116. The minimum absolute atomic E-state index is 0.120. The van der Waals surface area contributed by atoms with Crippen molar-refractivity contribution in [3.63, 3.8) is 0 Å². The molecule has 6 heteroatoms. The fourth-order valence-corrected chi connectivity index (χ4v) is 4.02. The van der Waals surface area contributed by atoms with Gasteiger partial charge in [-0.15, -0.1) is 0 Å². The summed E-state index contributed by atoms with van der Waals surface area (Å²) in [6.07, 6.45) is 1.19. The van der Waals surface area contributed by atoms with Crippen molar-refractivity contribution in [2.24, 2.45) is 5.73 Å². The van der Waals surface area contributed by atoms with E-state index in [0.29, 0.717) is 0 Å². The minimum atomic E-state index is -0.542. The van der Waals surface area contributed by atoms with Crippen molar-refractivity contribution in [1.82, 2.24) is 0 Å². The van der Waals surface area contributed by atoms with Gasteiger partial charge in [0.2, 0.25) is 5.91 Å². The molecule has 2 aliphatic rings. The van der Waals surface area contributed by atoms with E-state index < -0.39 is 6.04 Å². The molecule has 0 bridgehead atoms. The number of benzene rings is 1. The molecule has 0 aromatic heterocycles. The number of nitrogens with zero attached hydrogens (tertiary/aromatic N) is 1. The van der Waals surface area contributed by atoms with Crippen LogP contribution in [-0.4, -0.2) is 30.5 Å². The van der Waals surface area contributed by atoms with Crippen molar-refractivity contribution >= 4 is 45.0 Å². The van der Waals surface area contributed by atoms with Gasteiger partial charge in [0.1, 0.15) is 6.04 Å². The molecule has 4 nitrogen and oxygen atoms in total.